The van der Waals surface area contributed by atoms with Gasteiger partial charge >= 0.3 is 0 Å². The number of nitro benzene ring substituents is 1. The highest BCUT2D eigenvalue weighted by molar-refractivity contribution is 5.55. The van der Waals surface area contributed by atoms with E-state index in [9.17, 15) is 10.1 Å². The maximum Gasteiger partial charge on any atom is 0.274 e. The third-order valence-electron chi connectivity index (χ3n) is 3.17. The molecule has 0 aliphatic heterocycles. The summed E-state index contributed by atoms with van der Waals surface area (Å²) in [4.78, 5) is 10.5. The largest absolute Gasteiger partial charge is 0.382 e. The second-order valence-corrected chi connectivity index (χ2v) is 5.47. The van der Waals surface area contributed by atoms with E-state index in [-0.39, 0.29) is 22.3 Å². The molecule has 1 rings (SSSR count). The first-order valence-corrected chi connectivity index (χ1v) is 6.32. The molecule has 5 nitrogen and oxygen atoms in total. The van der Waals surface area contributed by atoms with Gasteiger partial charge in [-0.05, 0) is 40.2 Å². The van der Waals surface area contributed by atoms with E-state index >= 15 is 0 Å². The summed E-state index contributed by atoms with van der Waals surface area (Å²) in [5.41, 5.74) is 1.35. The van der Waals surface area contributed by atoms with Crippen LogP contribution in [-0.4, -0.2) is 23.7 Å². The van der Waals surface area contributed by atoms with Crippen molar-refractivity contribution in [3.8, 4) is 0 Å². The Morgan fingerprint density at radius 1 is 1.47 bits per heavy atom. The Hall–Kier alpha value is -1.62. The highest BCUT2D eigenvalue weighted by Crippen LogP contribution is 2.24. The third kappa shape index (κ3) is 4.52. The number of nitrogens with zero attached hydrogens (tertiary/aromatic N) is 1. The lowest BCUT2D eigenvalue weighted by atomic mass is 9.99. The van der Waals surface area contributed by atoms with Gasteiger partial charge in [0, 0.05) is 30.5 Å². The zero-order valence-electron chi connectivity index (χ0n) is 12.2. The Morgan fingerprint density at radius 3 is 2.63 bits per heavy atom. The second-order valence-electron chi connectivity index (χ2n) is 5.47. The van der Waals surface area contributed by atoms with Crippen molar-refractivity contribution in [2.24, 2.45) is 0 Å². The summed E-state index contributed by atoms with van der Waals surface area (Å²) < 4.78 is 5.38. The minimum absolute atomic E-state index is 0.142. The summed E-state index contributed by atoms with van der Waals surface area (Å²) in [6.07, 6.45) is 0.811. The lowest BCUT2D eigenvalue weighted by Gasteiger charge is -2.27. The van der Waals surface area contributed by atoms with Crippen LogP contribution in [0.15, 0.2) is 18.2 Å². The predicted octanol–water partition coefficient (Wildman–Crippen LogP) is 3.52. The first kappa shape index (κ1) is 15.4. The Bertz CT molecular complexity index is 458. The highest BCUT2D eigenvalue weighted by atomic mass is 16.6. The third-order valence-corrected chi connectivity index (χ3v) is 3.17. The fourth-order valence-corrected chi connectivity index (χ4v) is 2.05. The first-order valence-electron chi connectivity index (χ1n) is 6.32. The van der Waals surface area contributed by atoms with Crippen LogP contribution >= 0.6 is 0 Å². The molecule has 1 aromatic rings. The van der Waals surface area contributed by atoms with Crippen LogP contribution in [0.5, 0.6) is 0 Å². The summed E-state index contributed by atoms with van der Waals surface area (Å²) in [5, 5.41) is 14.2. The number of aryl methyl sites for hydroxylation is 1. The van der Waals surface area contributed by atoms with Gasteiger partial charge in [-0.15, -0.1) is 0 Å². The number of methoxy groups -OCH3 is 1. The van der Waals surface area contributed by atoms with Crippen LogP contribution in [0, 0.1) is 17.0 Å². The summed E-state index contributed by atoms with van der Waals surface area (Å²) in [5.74, 6) is 0. The van der Waals surface area contributed by atoms with Crippen molar-refractivity contribution >= 4 is 11.4 Å². The number of hydrogen-bond donors (Lipinski definition) is 1. The van der Waals surface area contributed by atoms with E-state index in [4.69, 9.17) is 4.74 Å². The van der Waals surface area contributed by atoms with Gasteiger partial charge in [-0.3, -0.25) is 10.1 Å². The van der Waals surface area contributed by atoms with Crippen LogP contribution in [-0.2, 0) is 4.74 Å². The highest BCUT2D eigenvalue weighted by Gasteiger charge is 2.20. The van der Waals surface area contributed by atoms with Gasteiger partial charge in [-0.2, -0.15) is 0 Å². The van der Waals surface area contributed by atoms with E-state index in [1.54, 1.807) is 26.2 Å². The number of rotatable bonds is 6. The van der Waals surface area contributed by atoms with Gasteiger partial charge < -0.3 is 10.1 Å². The minimum Gasteiger partial charge on any atom is -0.382 e. The second kappa shape index (κ2) is 6.02. The standard InChI is InChI=1S/C14H22N2O3/c1-10-6-7-12(8-13(10)16(17)18)15-11(2)9-14(3,4)19-5/h6-8,11,15H,9H2,1-5H3. The molecule has 0 aliphatic carbocycles. The van der Waals surface area contributed by atoms with Crippen LogP contribution in [0.3, 0.4) is 0 Å². The molecule has 1 atom stereocenters. The van der Waals surface area contributed by atoms with Crippen molar-refractivity contribution < 1.29 is 9.66 Å². The van der Waals surface area contributed by atoms with E-state index in [1.165, 1.54) is 0 Å². The number of nitrogens with one attached hydrogen (secondary N) is 1. The molecular weight excluding hydrogens is 244 g/mol. The van der Waals surface area contributed by atoms with Crippen LogP contribution in [0.2, 0.25) is 0 Å². The van der Waals surface area contributed by atoms with Crippen LogP contribution < -0.4 is 5.32 Å². The van der Waals surface area contributed by atoms with Gasteiger partial charge in [0.05, 0.1) is 10.5 Å². The summed E-state index contributed by atoms with van der Waals surface area (Å²) in [6, 6.07) is 5.36. The zero-order chi connectivity index (χ0) is 14.6. The van der Waals surface area contributed by atoms with Gasteiger partial charge in [-0.1, -0.05) is 6.07 Å². The van der Waals surface area contributed by atoms with E-state index < -0.39 is 0 Å². The molecule has 5 heteroatoms. The van der Waals surface area contributed by atoms with Crippen molar-refractivity contribution in [1.29, 1.82) is 0 Å². The maximum absolute atomic E-state index is 10.9. The van der Waals surface area contributed by atoms with Gasteiger partial charge in [-0.25, -0.2) is 0 Å². The molecule has 0 spiro atoms. The van der Waals surface area contributed by atoms with E-state index in [1.807, 2.05) is 26.8 Å². The zero-order valence-corrected chi connectivity index (χ0v) is 12.2. The Balaban J connectivity index is 2.77. The normalized spacial score (nSPS) is 13.1. The van der Waals surface area contributed by atoms with Gasteiger partial charge in [0.2, 0.25) is 0 Å². The molecule has 1 aromatic carbocycles. The molecule has 1 unspecified atom stereocenters. The molecule has 0 amide bonds. The minimum atomic E-state index is -0.357. The van der Waals surface area contributed by atoms with E-state index in [0.29, 0.717) is 5.56 Å². The fourth-order valence-electron chi connectivity index (χ4n) is 2.05. The molecule has 106 valence electrons. The number of nitro groups is 1. The molecular formula is C14H22N2O3. The molecule has 0 heterocycles. The number of ether oxygens (including phenoxy) is 1. The fraction of sp³-hybridized carbons (Fsp3) is 0.571. The molecule has 0 fully saturated rings. The lowest BCUT2D eigenvalue weighted by Crippen LogP contribution is -2.31. The maximum atomic E-state index is 10.9. The molecule has 19 heavy (non-hydrogen) atoms. The lowest BCUT2D eigenvalue weighted by molar-refractivity contribution is -0.385. The van der Waals surface area contributed by atoms with Crippen molar-refractivity contribution in [2.45, 2.75) is 45.8 Å². The van der Waals surface area contributed by atoms with Crippen LogP contribution in [0.25, 0.3) is 0 Å². The summed E-state index contributed by atoms with van der Waals surface area (Å²) in [6.45, 7) is 7.80. The Morgan fingerprint density at radius 2 is 2.11 bits per heavy atom. The van der Waals surface area contributed by atoms with Crippen LogP contribution in [0.1, 0.15) is 32.8 Å². The van der Waals surface area contributed by atoms with Gasteiger partial charge in [0.1, 0.15) is 0 Å². The molecule has 0 aromatic heterocycles. The first-order chi connectivity index (χ1) is 8.75. The SMILES string of the molecule is COC(C)(C)CC(C)Nc1ccc(C)c([N+](=O)[O-])c1. The monoisotopic (exact) mass is 266 g/mol. The molecule has 1 N–H and O–H groups in total. The summed E-state index contributed by atoms with van der Waals surface area (Å²) >= 11 is 0. The number of hydrogen-bond acceptors (Lipinski definition) is 4. The van der Waals surface area contributed by atoms with Crippen LogP contribution in [0.4, 0.5) is 11.4 Å². The Labute approximate surface area is 114 Å². The van der Waals surface area contributed by atoms with Crippen molar-refractivity contribution in [1.82, 2.24) is 0 Å². The smallest absolute Gasteiger partial charge is 0.274 e. The van der Waals surface area contributed by atoms with E-state index in [2.05, 4.69) is 5.32 Å². The number of benzene rings is 1. The average molecular weight is 266 g/mol. The van der Waals surface area contributed by atoms with Crippen molar-refractivity contribution in [3.05, 3.63) is 33.9 Å². The van der Waals surface area contributed by atoms with Gasteiger partial charge in [0.15, 0.2) is 0 Å². The quantitative estimate of drug-likeness (QED) is 0.632. The van der Waals surface area contributed by atoms with Crippen molar-refractivity contribution in [2.75, 3.05) is 12.4 Å². The van der Waals surface area contributed by atoms with Crippen molar-refractivity contribution in [3.63, 3.8) is 0 Å². The molecule has 0 aliphatic rings. The summed E-state index contributed by atoms with van der Waals surface area (Å²) in [7, 11) is 1.68. The van der Waals surface area contributed by atoms with Gasteiger partial charge in [0.25, 0.3) is 5.69 Å². The molecule has 0 saturated heterocycles. The average Bonchev–Trinajstić information content (AvgIpc) is 2.30. The molecule has 0 saturated carbocycles. The molecule has 0 radical (unpaired) electrons. The number of anilines is 1. The molecule has 0 bridgehead atoms. The predicted molar refractivity (Wildman–Crippen MR) is 76.6 cm³/mol. The topological polar surface area (TPSA) is 64.4 Å². The van der Waals surface area contributed by atoms with E-state index in [0.717, 1.165) is 12.1 Å². The Kier molecular flexibility index (Phi) is 4.89.